The van der Waals surface area contributed by atoms with Crippen molar-refractivity contribution < 1.29 is 23.0 Å². The summed E-state index contributed by atoms with van der Waals surface area (Å²) in [4.78, 5) is 3.64. The molecule has 1 aromatic carbocycles. The quantitative estimate of drug-likeness (QED) is 0.934. The van der Waals surface area contributed by atoms with Crippen LogP contribution in [0.15, 0.2) is 42.6 Å². The number of alkyl halides is 3. The molecule has 0 amide bonds. The summed E-state index contributed by atoms with van der Waals surface area (Å²) in [5.41, 5.74) is -0.0646. The molecule has 2 rings (SSSR count). The molecule has 0 atom stereocenters. The lowest BCUT2D eigenvalue weighted by Gasteiger charge is -2.10. The van der Waals surface area contributed by atoms with E-state index in [2.05, 4.69) is 4.98 Å². The molecule has 0 spiro atoms. The first-order chi connectivity index (χ1) is 9.50. The molecule has 2 aromatic rings. The van der Waals surface area contributed by atoms with Crippen molar-refractivity contribution in [3.8, 4) is 11.6 Å². The van der Waals surface area contributed by atoms with E-state index in [-0.39, 0.29) is 12.5 Å². The summed E-state index contributed by atoms with van der Waals surface area (Å²) >= 11 is 0. The zero-order valence-corrected chi connectivity index (χ0v) is 10.4. The fourth-order valence-electron chi connectivity index (χ4n) is 1.65. The summed E-state index contributed by atoms with van der Waals surface area (Å²) in [6.07, 6.45) is -3.29. The normalized spacial score (nSPS) is 11.4. The Hall–Kier alpha value is -2.08. The van der Waals surface area contributed by atoms with Crippen LogP contribution in [0.2, 0.25) is 0 Å². The number of pyridine rings is 1. The Labute approximate surface area is 113 Å². The van der Waals surface area contributed by atoms with Crippen LogP contribution in [0.3, 0.4) is 0 Å². The second-order valence-corrected chi connectivity index (χ2v) is 4.07. The molecule has 1 N–H and O–H groups in total. The van der Waals surface area contributed by atoms with E-state index in [9.17, 15) is 13.2 Å². The molecule has 0 unspecified atom stereocenters. The van der Waals surface area contributed by atoms with Crippen LogP contribution in [0.25, 0.3) is 0 Å². The largest absolute Gasteiger partial charge is 0.439 e. The third-order valence-corrected chi connectivity index (χ3v) is 2.63. The Morgan fingerprint density at radius 1 is 1.10 bits per heavy atom. The molecule has 20 heavy (non-hydrogen) atoms. The van der Waals surface area contributed by atoms with Crippen LogP contribution in [0.4, 0.5) is 13.2 Å². The maximum atomic E-state index is 12.4. The molecule has 0 aliphatic rings. The van der Waals surface area contributed by atoms with Crippen LogP contribution >= 0.6 is 0 Å². The summed E-state index contributed by atoms with van der Waals surface area (Å²) < 4.78 is 42.6. The minimum Gasteiger partial charge on any atom is -0.439 e. The Morgan fingerprint density at radius 3 is 2.45 bits per heavy atom. The van der Waals surface area contributed by atoms with Crippen LogP contribution in [0, 0.1) is 0 Å². The average molecular weight is 283 g/mol. The molecule has 0 fully saturated rings. The van der Waals surface area contributed by atoms with E-state index in [0.29, 0.717) is 12.2 Å². The number of aromatic nitrogens is 1. The van der Waals surface area contributed by atoms with E-state index in [1.54, 1.807) is 24.3 Å². The Kier molecular flexibility index (Phi) is 4.24. The highest BCUT2D eigenvalue weighted by Crippen LogP contribution is 2.30. The number of hydrogen-bond donors (Lipinski definition) is 1. The van der Waals surface area contributed by atoms with Crippen molar-refractivity contribution in [3.05, 3.63) is 53.7 Å². The smallest absolute Gasteiger partial charge is 0.417 e. The van der Waals surface area contributed by atoms with E-state index in [1.807, 2.05) is 0 Å². The van der Waals surface area contributed by atoms with Crippen LogP contribution in [-0.2, 0) is 12.6 Å². The van der Waals surface area contributed by atoms with Gasteiger partial charge in [0.2, 0.25) is 5.88 Å². The van der Waals surface area contributed by atoms with Gasteiger partial charge in [-0.2, -0.15) is 13.2 Å². The molecule has 0 aliphatic heterocycles. The van der Waals surface area contributed by atoms with Crippen LogP contribution < -0.4 is 4.74 Å². The molecule has 1 heterocycles. The summed E-state index contributed by atoms with van der Waals surface area (Å²) in [5.74, 6) is 0.539. The zero-order chi connectivity index (χ0) is 14.6. The third kappa shape index (κ3) is 3.48. The van der Waals surface area contributed by atoms with Crippen molar-refractivity contribution in [1.82, 2.24) is 4.98 Å². The average Bonchev–Trinajstić information content (AvgIpc) is 2.41. The summed E-state index contributed by atoms with van der Waals surface area (Å²) in [6.45, 7) is -0.0409. The summed E-state index contributed by atoms with van der Waals surface area (Å²) in [7, 11) is 0. The topological polar surface area (TPSA) is 42.4 Å². The van der Waals surface area contributed by atoms with Crippen molar-refractivity contribution in [1.29, 1.82) is 0 Å². The van der Waals surface area contributed by atoms with E-state index in [1.165, 1.54) is 6.07 Å². The lowest BCUT2D eigenvalue weighted by Crippen LogP contribution is -2.05. The van der Waals surface area contributed by atoms with Crippen molar-refractivity contribution in [2.75, 3.05) is 6.61 Å². The van der Waals surface area contributed by atoms with Crippen molar-refractivity contribution in [3.63, 3.8) is 0 Å². The van der Waals surface area contributed by atoms with Crippen LogP contribution in [0.5, 0.6) is 11.6 Å². The maximum Gasteiger partial charge on any atom is 0.417 e. The monoisotopic (exact) mass is 283 g/mol. The standard InChI is InChI=1S/C14H12F3NO2/c15-14(16,17)11-5-6-13(18-9-11)20-12-4-2-1-3-10(12)7-8-19/h1-6,9,19H,7-8H2. The van der Waals surface area contributed by atoms with Gasteiger partial charge in [0.1, 0.15) is 5.75 Å². The molecule has 106 valence electrons. The molecule has 0 aliphatic carbocycles. The molecule has 0 saturated carbocycles. The van der Waals surface area contributed by atoms with Gasteiger partial charge in [-0.25, -0.2) is 4.98 Å². The SMILES string of the molecule is OCCc1ccccc1Oc1ccc(C(F)(F)F)cn1. The predicted octanol–water partition coefficient (Wildman–Crippen LogP) is 3.43. The molecule has 0 radical (unpaired) electrons. The number of benzene rings is 1. The molecule has 3 nitrogen and oxygen atoms in total. The van der Waals surface area contributed by atoms with Crippen molar-refractivity contribution in [2.24, 2.45) is 0 Å². The van der Waals surface area contributed by atoms with Gasteiger partial charge in [-0.3, -0.25) is 0 Å². The number of hydrogen-bond acceptors (Lipinski definition) is 3. The van der Waals surface area contributed by atoms with Crippen molar-refractivity contribution in [2.45, 2.75) is 12.6 Å². The fraction of sp³-hybridized carbons (Fsp3) is 0.214. The summed E-state index contributed by atoms with van der Waals surface area (Å²) in [6, 6.07) is 9.05. The Balaban J connectivity index is 2.18. The van der Waals surface area contributed by atoms with Gasteiger partial charge >= 0.3 is 6.18 Å². The third-order valence-electron chi connectivity index (χ3n) is 2.63. The number of rotatable bonds is 4. The van der Waals surface area contributed by atoms with Gasteiger partial charge in [0.25, 0.3) is 0 Å². The van der Waals surface area contributed by atoms with Crippen molar-refractivity contribution >= 4 is 0 Å². The van der Waals surface area contributed by atoms with E-state index in [0.717, 1.165) is 17.8 Å². The van der Waals surface area contributed by atoms with E-state index < -0.39 is 11.7 Å². The lowest BCUT2D eigenvalue weighted by atomic mass is 10.1. The van der Waals surface area contributed by atoms with Crippen LogP contribution in [-0.4, -0.2) is 16.7 Å². The number of ether oxygens (including phenoxy) is 1. The second-order valence-electron chi connectivity index (χ2n) is 4.07. The van der Waals surface area contributed by atoms with E-state index >= 15 is 0 Å². The second kappa shape index (κ2) is 5.92. The first-order valence-electron chi connectivity index (χ1n) is 5.90. The van der Waals surface area contributed by atoms with E-state index in [4.69, 9.17) is 9.84 Å². The minimum atomic E-state index is -4.42. The lowest BCUT2D eigenvalue weighted by molar-refractivity contribution is -0.137. The first kappa shape index (κ1) is 14.3. The number of para-hydroxylation sites is 1. The van der Waals surface area contributed by atoms with Gasteiger partial charge in [0.05, 0.1) is 5.56 Å². The Morgan fingerprint density at radius 2 is 1.85 bits per heavy atom. The molecule has 1 aromatic heterocycles. The number of halogens is 3. The molecular weight excluding hydrogens is 271 g/mol. The maximum absolute atomic E-state index is 12.4. The highest BCUT2D eigenvalue weighted by molar-refractivity contribution is 5.36. The molecule has 0 bridgehead atoms. The molecule has 0 saturated heterocycles. The molecule has 6 heteroatoms. The predicted molar refractivity (Wildman–Crippen MR) is 66.5 cm³/mol. The number of nitrogens with zero attached hydrogens (tertiary/aromatic N) is 1. The summed E-state index contributed by atoms with van der Waals surface area (Å²) in [5, 5.41) is 8.94. The van der Waals surface area contributed by atoms with Gasteiger partial charge in [-0.05, 0) is 24.1 Å². The highest BCUT2D eigenvalue weighted by Gasteiger charge is 2.30. The fourth-order valence-corrected chi connectivity index (χ4v) is 1.65. The Bertz CT molecular complexity index is 567. The number of aliphatic hydroxyl groups is 1. The minimum absolute atomic E-state index is 0.0409. The van der Waals surface area contributed by atoms with Crippen LogP contribution in [0.1, 0.15) is 11.1 Å². The van der Waals surface area contributed by atoms with Gasteiger partial charge < -0.3 is 9.84 Å². The highest BCUT2D eigenvalue weighted by atomic mass is 19.4. The zero-order valence-electron chi connectivity index (χ0n) is 10.4. The first-order valence-corrected chi connectivity index (χ1v) is 5.90. The van der Waals surface area contributed by atoms with Gasteiger partial charge in [-0.1, -0.05) is 18.2 Å². The van der Waals surface area contributed by atoms with Gasteiger partial charge in [-0.15, -0.1) is 0 Å². The van der Waals surface area contributed by atoms with Gasteiger partial charge in [0.15, 0.2) is 0 Å². The molecular formula is C14H12F3NO2. The number of aliphatic hydroxyl groups excluding tert-OH is 1. The van der Waals surface area contributed by atoms with Gasteiger partial charge in [0, 0.05) is 18.9 Å².